The first-order chi connectivity index (χ1) is 10.8. The summed E-state index contributed by atoms with van der Waals surface area (Å²) in [7, 11) is 0. The number of alkyl halides is 3. The third kappa shape index (κ3) is 5.63. The molecule has 8 heteroatoms. The van der Waals surface area contributed by atoms with Gasteiger partial charge in [0.1, 0.15) is 5.75 Å². The van der Waals surface area contributed by atoms with E-state index in [0.717, 1.165) is 6.42 Å². The predicted octanol–water partition coefficient (Wildman–Crippen LogP) is 2.91. The number of para-hydroxylation sites is 1. The Morgan fingerprint density at radius 2 is 2.17 bits per heavy atom. The molecule has 0 spiro atoms. The molecule has 1 saturated heterocycles. The van der Waals surface area contributed by atoms with Gasteiger partial charge in [0.25, 0.3) is 0 Å². The smallest absolute Gasteiger partial charge is 0.405 e. The fraction of sp³-hybridized carbons (Fsp3) is 0.533. The van der Waals surface area contributed by atoms with Gasteiger partial charge in [-0.2, -0.15) is 0 Å². The molecule has 0 aromatic heterocycles. The molecule has 2 rings (SSSR count). The van der Waals surface area contributed by atoms with Crippen LogP contribution in [0, 0.1) is 0 Å². The van der Waals surface area contributed by atoms with Crippen LogP contribution in [0.4, 0.5) is 18.0 Å². The van der Waals surface area contributed by atoms with Gasteiger partial charge < -0.3 is 19.7 Å². The Bertz CT molecular complexity index is 537. The first kappa shape index (κ1) is 17.4. The Morgan fingerprint density at radius 3 is 2.91 bits per heavy atom. The molecule has 1 atom stereocenters. The lowest BCUT2D eigenvalue weighted by atomic mass is 10.2. The van der Waals surface area contributed by atoms with Crippen LogP contribution in [0.2, 0.25) is 0 Å². The molecule has 1 fully saturated rings. The fourth-order valence-corrected chi connectivity index (χ4v) is 2.34. The van der Waals surface area contributed by atoms with Gasteiger partial charge in [-0.05, 0) is 19.4 Å². The lowest BCUT2D eigenvalue weighted by Gasteiger charge is -2.23. The summed E-state index contributed by atoms with van der Waals surface area (Å²) in [6.07, 6.45) is -4.10. The van der Waals surface area contributed by atoms with Crippen LogP contribution in [-0.4, -0.2) is 43.1 Å². The molecule has 1 aromatic carbocycles. The number of ether oxygens (including phenoxy) is 2. The highest BCUT2D eigenvalue weighted by Gasteiger charge is 2.32. The van der Waals surface area contributed by atoms with Crippen LogP contribution in [0.25, 0.3) is 0 Å². The molecule has 5 nitrogen and oxygen atoms in total. The van der Waals surface area contributed by atoms with Gasteiger partial charge in [-0.25, -0.2) is 4.79 Å². The van der Waals surface area contributed by atoms with Crippen LogP contribution >= 0.6 is 0 Å². The lowest BCUT2D eigenvalue weighted by Crippen LogP contribution is -2.42. The molecule has 0 aliphatic carbocycles. The molecular formula is C15H19F3N2O3. The average Bonchev–Trinajstić information content (AvgIpc) is 2.69. The van der Waals surface area contributed by atoms with Crippen molar-refractivity contribution in [3.8, 4) is 5.75 Å². The van der Waals surface area contributed by atoms with Gasteiger partial charge in [0.2, 0.25) is 0 Å². The maximum absolute atomic E-state index is 12.4. The number of hydrogen-bond acceptors (Lipinski definition) is 3. The van der Waals surface area contributed by atoms with Gasteiger partial charge >= 0.3 is 12.4 Å². The summed E-state index contributed by atoms with van der Waals surface area (Å²) in [4.78, 5) is 13.8. The molecule has 0 unspecified atom stereocenters. The topological polar surface area (TPSA) is 50.8 Å². The number of nitrogens with zero attached hydrogens (tertiary/aromatic N) is 1. The first-order valence-corrected chi connectivity index (χ1v) is 7.33. The summed E-state index contributed by atoms with van der Waals surface area (Å²) in [5, 5.41) is 2.63. The minimum atomic E-state index is -4.77. The molecule has 1 aromatic rings. The first-order valence-electron chi connectivity index (χ1n) is 7.33. The number of benzene rings is 1. The predicted molar refractivity (Wildman–Crippen MR) is 77.0 cm³/mol. The largest absolute Gasteiger partial charge is 0.573 e. The number of halogens is 3. The molecule has 1 aliphatic rings. The lowest BCUT2D eigenvalue weighted by molar-refractivity contribution is -0.274. The van der Waals surface area contributed by atoms with E-state index in [1.54, 1.807) is 11.0 Å². The number of carbonyl (C=O) groups excluding carboxylic acids is 1. The fourth-order valence-electron chi connectivity index (χ4n) is 2.34. The Labute approximate surface area is 132 Å². The highest BCUT2D eigenvalue weighted by Crippen LogP contribution is 2.26. The second-order valence-electron chi connectivity index (χ2n) is 5.30. The standard InChI is InChI=1S/C15H19F3N2O3/c1-11-10-20(7-4-8-22-11)14(21)19-9-12-5-2-3-6-13(12)23-15(16,17)18/h2-3,5-6,11H,4,7-10H2,1H3,(H,19,21)/t11-/m1/s1. The molecule has 128 valence electrons. The number of nitrogens with one attached hydrogen (secondary N) is 1. The summed E-state index contributed by atoms with van der Waals surface area (Å²) in [5.41, 5.74) is 0.261. The Kier molecular flexibility index (Phi) is 5.70. The maximum atomic E-state index is 12.4. The van der Waals surface area contributed by atoms with Gasteiger partial charge in [0.15, 0.2) is 0 Å². The molecule has 2 amide bonds. The quantitative estimate of drug-likeness (QED) is 0.926. The van der Waals surface area contributed by atoms with Crippen molar-refractivity contribution in [2.45, 2.75) is 32.4 Å². The Morgan fingerprint density at radius 1 is 1.43 bits per heavy atom. The zero-order chi connectivity index (χ0) is 16.9. The van der Waals surface area contributed by atoms with Crippen LogP contribution in [0.15, 0.2) is 24.3 Å². The molecule has 1 heterocycles. The van der Waals surface area contributed by atoms with E-state index in [2.05, 4.69) is 10.1 Å². The average molecular weight is 332 g/mol. The SMILES string of the molecule is C[C@@H]1CN(C(=O)NCc2ccccc2OC(F)(F)F)CCCO1. The van der Waals surface area contributed by atoms with E-state index in [4.69, 9.17) is 4.74 Å². The molecule has 0 radical (unpaired) electrons. The summed E-state index contributed by atoms with van der Waals surface area (Å²) < 4.78 is 46.5. The minimum Gasteiger partial charge on any atom is -0.405 e. The number of rotatable bonds is 3. The van der Waals surface area contributed by atoms with Crippen molar-refractivity contribution >= 4 is 6.03 Å². The number of amides is 2. The summed E-state index contributed by atoms with van der Waals surface area (Å²) in [6, 6.07) is 5.41. The second kappa shape index (κ2) is 7.54. The van der Waals surface area contributed by atoms with E-state index >= 15 is 0 Å². The van der Waals surface area contributed by atoms with E-state index in [0.29, 0.717) is 19.7 Å². The van der Waals surface area contributed by atoms with E-state index in [9.17, 15) is 18.0 Å². The van der Waals surface area contributed by atoms with Crippen LogP contribution in [-0.2, 0) is 11.3 Å². The molecule has 0 saturated carbocycles. The van der Waals surface area contributed by atoms with Crippen molar-refractivity contribution in [2.75, 3.05) is 19.7 Å². The number of urea groups is 1. The third-order valence-corrected chi connectivity index (χ3v) is 3.37. The van der Waals surface area contributed by atoms with Gasteiger partial charge in [-0.3, -0.25) is 0 Å². The number of hydrogen-bond donors (Lipinski definition) is 1. The third-order valence-electron chi connectivity index (χ3n) is 3.37. The van der Waals surface area contributed by atoms with E-state index < -0.39 is 6.36 Å². The van der Waals surface area contributed by atoms with Crippen molar-refractivity contribution in [3.05, 3.63) is 29.8 Å². The van der Waals surface area contributed by atoms with Crippen LogP contribution in [0.1, 0.15) is 18.9 Å². The van der Waals surface area contributed by atoms with Crippen LogP contribution in [0.3, 0.4) is 0 Å². The van der Waals surface area contributed by atoms with Crippen LogP contribution in [0.5, 0.6) is 5.75 Å². The van der Waals surface area contributed by atoms with Crippen molar-refractivity contribution in [2.24, 2.45) is 0 Å². The maximum Gasteiger partial charge on any atom is 0.573 e. The molecular weight excluding hydrogens is 313 g/mol. The van der Waals surface area contributed by atoms with Crippen molar-refractivity contribution in [1.82, 2.24) is 10.2 Å². The van der Waals surface area contributed by atoms with Crippen molar-refractivity contribution in [3.63, 3.8) is 0 Å². The molecule has 1 aliphatic heterocycles. The molecule has 1 N–H and O–H groups in total. The van der Waals surface area contributed by atoms with E-state index in [1.807, 2.05) is 6.92 Å². The summed E-state index contributed by atoms with van der Waals surface area (Å²) in [5.74, 6) is -0.312. The Balaban J connectivity index is 1.96. The summed E-state index contributed by atoms with van der Waals surface area (Å²) >= 11 is 0. The monoisotopic (exact) mass is 332 g/mol. The zero-order valence-corrected chi connectivity index (χ0v) is 12.7. The molecule has 0 bridgehead atoms. The van der Waals surface area contributed by atoms with Gasteiger partial charge in [0.05, 0.1) is 6.10 Å². The van der Waals surface area contributed by atoms with Crippen molar-refractivity contribution < 1.29 is 27.4 Å². The van der Waals surface area contributed by atoms with Crippen LogP contribution < -0.4 is 10.1 Å². The second-order valence-corrected chi connectivity index (χ2v) is 5.30. The number of carbonyl (C=O) groups is 1. The summed E-state index contributed by atoms with van der Waals surface area (Å²) in [6.45, 7) is 3.42. The normalized spacial score (nSPS) is 19.1. The highest BCUT2D eigenvalue weighted by atomic mass is 19.4. The van der Waals surface area contributed by atoms with Gasteiger partial charge in [0, 0.05) is 31.8 Å². The molecule has 23 heavy (non-hydrogen) atoms. The van der Waals surface area contributed by atoms with Crippen molar-refractivity contribution in [1.29, 1.82) is 0 Å². The Hall–Kier alpha value is -1.96. The highest BCUT2D eigenvalue weighted by molar-refractivity contribution is 5.74. The zero-order valence-electron chi connectivity index (χ0n) is 12.7. The van der Waals surface area contributed by atoms with Gasteiger partial charge in [-0.1, -0.05) is 18.2 Å². The minimum absolute atomic E-state index is 0.0448. The van der Waals surface area contributed by atoms with Gasteiger partial charge in [-0.15, -0.1) is 13.2 Å². The van der Waals surface area contributed by atoms with E-state index in [-0.39, 0.29) is 30.0 Å². The van der Waals surface area contributed by atoms with E-state index in [1.165, 1.54) is 18.2 Å².